The van der Waals surface area contributed by atoms with E-state index in [1.54, 1.807) is 35.6 Å². The minimum Gasteiger partial charge on any atom is -0.401 e. The summed E-state index contributed by atoms with van der Waals surface area (Å²) < 4.78 is 5.45. The van der Waals surface area contributed by atoms with E-state index in [2.05, 4.69) is 20.5 Å². The molecule has 0 aliphatic rings. The number of rotatable bonds is 3. The van der Waals surface area contributed by atoms with Crippen LogP contribution in [0.1, 0.15) is 20.2 Å². The van der Waals surface area contributed by atoms with Crippen molar-refractivity contribution >= 4 is 23.3 Å². The Morgan fingerprint density at radius 2 is 1.95 bits per heavy atom. The lowest BCUT2D eigenvalue weighted by Gasteiger charge is -1.99. The number of hydrogen-bond acceptors (Lipinski definition) is 6. The topological polar surface area (TPSA) is 80.9 Å². The maximum atomic E-state index is 12.0. The van der Waals surface area contributed by atoms with Gasteiger partial charge in [-0.25, -0.2) is 4.98 Å². The standard InChI is InChI=1S/C14H12N4O2S/c1-8-11(15-9(2)21-8)13-17-18-14(20-13)16-12(19)10-6-4-3-5-7-10/h3-7H,1-2H3,(H,16,18,19). The number of nitrogens with one attached hydrogen (secondary N) is 1. The number of carbonyl (C=O) groups excluding carboxylic acids is 1. The van der Waals surface area contributed by atoms with Gasteiger partial charge < -0.3 is 4.42 Å². The number of amides is 1. The molecule has 3 aromatic rings. The molecule has 2 aromatic heterocycles. The fourth-order valence-electron chi connectivity index (χ4n) is 1.86. The molecule has 0 bridgehead atoms. The molecule has 7 heteroatoms. The second-order valence-electron chi connectivity index (χ2n) is 4.37. The molecule has 0 fully saturated rings. The van der Waals surface area contributed by atoms with Crippen LogP contribution in [0.4, 0.5) is 6.01 Å². The molecule has 106 valence electrons. The highest BCUT2D eigenvalue weighted by Gasteiger charge is 2.16. The molecule has 6 nitrogen and oxygen atoms in total. The Labute approximate surface area is 124 Å². The van der Waals surface area contributed by atoms with Crippen molar-refractivity contribution in [1.29, 1.82) is 0 Å². The fraction of sp³-hybridized carbons (Fsp3) is 0.143. The van der Waals surface area contributed by atoms with E-state index in [9.17, 15) is 4.79 Å². The van der Waals surface area contributed by atoms with Crippen LogP contribution in [-0.4, -0.2) is 21.1 Å². The molecule has 0 aliphatic heterocycles. The van der Waals surface area contributed by atoms with Crippen molar-refractivity contribution in [2.75, 3.05) is 5.32 Å². The van der Waals surface area contributed by atoms with Crippen molar-refractivity contribution in [1.82, 2.24) is 15.2 Å². The number of hydrogen-bond donors (Lipinski definition) is 1. The van der Waals surface area contributed by atoms with Crippen LogP contribution in [0.15, 0.2) is 34.7 Å². The summed E-state index contributed by atoms with van der Waals surface area (Å²) in [6, 6.07) is 8.89. The van der Waals surface area contributed by atoms with Gasteiger partial charge in [0.25, 0.3) is 11.8 Å². The van der Waals surface area contributed by atoms with Gasteiger partial charge in [0.15, 0.2) is 0 Å². The van der Waals surface area contributed by atoms with Gasteiger partial charge in [-0.3, -0.25) is 10.1 Å². The smallest absolute Gasteiger partial charge is 0.322 e. The molecule has 0 spiro atoms. The molecule has 1 N–H and O–H groups in total. The third-order valence-electron chi connectivity index (χ3n) is 2.79. The fourth-order valence-corrected chi connectivity index (χ4v) is 2.67. The van der Waals surface area contributed by atoms with Gasteiger partial charge in [-0.2, -0.15) is 0 Å². The Balaban J connectivity index is 1.80. The van der Waals surface area contributed by atoms with Gasteiger partial charge in [0, 0.05) is 10.4 Å². The third kappa shape index (κ3) is 2.82. The zero-order valence-corrected chi connectivity index (χ0v) is 12.3. The van der Waals surface area contributed by atoms with Crippen molar-refractivity contribution in [3.8, 4) is 11.6 Å². The molecule has 0 saturated heterocycles. The van der Waals surface area contributed by atoms with Crippen LogP contribution in [-0.2, 0) is 0 Å². The van der Waals surface area contributed by atoms with Crippen LogP contribution in [0, 0.1) is 13.8 Å². The largest absolute Gasteiger partial charge is 0.401 e. The number of anilines is 1. The Morgan fingerprint density at radius 1 is 1.19 bits per heavy atom. The van der Waals surface area contributed by atoms with Crippen LogP contribution in [0.5, 0.6) is 0 Å². The first-order valence-corrected chi connectivity index (χ1v) is 7.09. The summed E-state index contributed by atoms with van der Waals surface area (Å²) in [6.07, 6.45) is 0. The maximum absolute atomic E-state index is 12.0. The summed E-state index contributed by atoms with van der Waals surface area (Å²) in [4.78, 5) is 17.3. The second kappa shape index (κ2) is 5.45. The average Bonchev–Trinajstić information content (AvgIpc) is 3.06. The second-order valence-corrected chi connectivity index (χ2v) is 5.78. The molecule has 0 atom stereocenters. The predicted molar refractivity (Wildman–Crippen MR) is 79.3 cm³/mol. The average molecular weight is 300 g/mol. The molecular formula is C14H12N4O2S. The molecule has 1 amide bonds. The number of thiazole rings is 1. The van der Waals surface area contributed by atoms with E-state index in [0.29, 0.717) is 17.1 Å². The van der Waals surface area contributed by atoms with E-state index in [1.807, 2.05) is 19.9 Å². The van der Waals surface area contributed by atoms with Crippen LogP contribution >= 0.6 is 11.3 Å². The van der Waals surface area contributed by atoms with E-state index in [4.69, 9.17) is 4.42 Å². The normalized spacial score (nSPS) is 10.6. The molecule has 0 saturated carbocycles. The highest BCUT2D eigenvalue weighted by molar-refractivity contribution is 7.11. The zero-order valence-electron chi connectivity index (χ0n) is 11.5. The molecule has 0 unspecified atom stereocenters. The number of aromatic nitrogens is 3. The molecular weight excluding hydrogens is 288 g/mol. The summed E-state index contributed by atoms with van der Waals surface area (Å²) in [5.41, 5.74) is 1.18. The number of benzene rings is 1. The van der Waals surface area contributed by atoms with E-state index < -0.39 is 0 Å². The first-order chi connectivity index (χ1) is 10.1. The Morgan fingerprint density at radius 3 is 2.62 bits per heavy atom. The number of carbonyl (C=O) groups is 1. The molecule has 21 heavy (non-hydrogen) atoms. The quantitative estimate of drug-likeness (QED) is 0.804. The molecule has 2 heterocycles. The van der Waals surface area contributed by atoms with Gasteiger partial charge in [-0.05, 0) is 26.0 Å². The van der Waals surface area contributed by atoms with Gasteiger partial charge in [0.1, 0.15) is 5.69 Å². The first kappa shape index (κ1) is 13.4. The van der Waals surface area contributed by atoms with Crippen LogP contribution in [0.25, 0.3) is 11.6 Å². The van der Waals surface area contributed by atoms with Crippen molar-refractivity contribution in [2.24, 2.45) is 0 Å². The highest BCUT2D eigenvalue weighted by atomic mass is 32.1. The Hall–Kier alpha value is -2.54. The SMILES string of the molecule is Cc1nc(-c2nnc(NC(=O)c3ccccc3)o2)c(C)s1. The number of nitrogens with zero attached hydrogens (tertiary/aromatic N) is 3. The summed E-state index contributed by atoms with van der Waals surface area (Å²) in [5, 5.41) is 11.2. The van der Waals surface area contributed by atoms with E-state index in [-0.39, 0.29) is 11.9 Å². The summed E-state index contributed by atoms with van der Waals surface area (Å²) >= 11 is 1.56. The van der Waals surface area contributed by atoms with Crippen LogP contribution in [0.3, 0.4) is 0 Å². The van der Waals surface area contributed by atoms with Crippen molar-refractivity contribution in [3.63, 3.8) is 0 Å². The highest BCUT2D eigenvalue weighted by Crippen LogP contribution is 2.26. The lowest BCUT2D eigenvalue weighted by molar-refractivity contribution is 0.102. The summed E-state index contributed by atoms with van der Waals surface area (Å²) in [7, 11) is 0. The van der Waals surface area contributed by atoms with E-state index in [1.165, 1.54) is 0 Å². The predicted octanol–water partition coefficient (Wildman–Crippen LogP) is 3.06. The van der Waals surface area contributed by atoms with Gasteiger partial charge >= 0.3 is 6.01 Å². The van der Waals surface area contributed by atoms with Gasteiger partial charge in [0.05, 0.1) is 5.01 Å². The zero-order chi connectivity index (χ0) is 14.8. The van der Waals surface area contributed by atoms with Gasteiger partial charge in [-0.1, -0.05) is 23.3 Å². The monoisotopic (exact) mass is 300 g/mol. The molecule has 0 aliphatic carbocycles. The van der Waals surface area contributed by atoms with Crippen molar-refractivity contribution in [2.45, 2.75) is 13.8 Å². The Bertz CT molecular complexity index is 779. The minimum absolute atomic E-state index is 0.0592. The maximum Gasteiger partial charge on any atom is 0.322 e. The van der Waals surface area contributed by atoms with Crippen molar-refractivity contribution in [3.05, 3.63) is 45.8 Å². The molecule has 3 rings (SSSR count). The third-order valence-corrected chi connectivity index (χ3v) is 3.67. The van der Waals surface area contributed by atoms with Gasteiger partial charge in [-0.15, -0.1) is 16.4 Å². The minimum atomic E-state index is -0.294. The van der Waals surface area contributed by atoms with Gasteiger partial charge in [0.2, 0.25) is 0 Å². The number of aryl methyl sites for hydroxylation is 2. The van der Waals surface area contributed by atoms with E-state index in [0.717, 1.165) is 9.88 Å². The van der Waals surface area contributed by atoms with Crippen LogP contribution in [0.2, 0.25) is 0 Å². The summed E-state index contributed by atoms with van der Waals surface area (Å²) in [6.45, 7) is 3.85. The Kier molecular flexibility index (Phi) is 3.49. The molecule has 0 radical (unpaired) electrons. The summed E-state index contributed by atoms with van der Waals surface area (Å²) in [5.74, 6) is 0.0113. The van der Waals surface area contributed by atoms with Crippen molar-refractivity contribution < 1.29 is 9.21 Å². The molecule has 1 aromatic carbocycles. The lowest BCUT2D eigenvalue weighted by atomic mass is 10.2. The van der Waals surface area contributed by atoms with Crippen LogP contribution < -0.4 is 5.32 Å². The van der Waals surface area contributed by atoms with E-state index >= 15 is 0 Å². The lowest BCUT2D eigenvalue weighted by Crippen LogP contribution is -2.11. The first-order valence-electron chi connectivity index (χ1n) is 6.28.